The zero-order valence-electron chi connectivity index (χ0n) is 13.5. The second kappa shape index (κ2) is 6.66. The molecule has 2 aromatic rings. The van der Waals surface area contributed by atoms with E-state index in [0.29, 0.717) is 13.1 Å². The first-order valence-corrected chi connectivity index (χ1v) is 8.71. The fourth-order valence-corrected chi connectivity index (χ4v) is 4.07. The van der Waals surface area contributed by atoms with Gasteiger partial charge >= 0.3 is 0 Å². The molecule has 1 aliphatic heterocycles. The normalized spacial score (nSPS) is 18.2. The van der Waals surface area contributed by atoms with Crippen molar-refractivity contribution in [3.8, 4) is 0 Å². The van der Waals surface area contributed by atoms with Crippen molar-refractivity contribution in [1.29, 1.82) is 0 Å². The highest BCUT2D eigenvalue weighted by atomic mass is 32.1. The van der Waals surface area contributed by atoms with Crippen molar-refractivity contribution >= 4 is 33.4 Å². The molecule has 0 N–H and O–H groups in total. The third-order valence-electron chi connectivity index (χ3n) is 4.30. The van der Waals surface area contributed by atoms with Crippen molar-refractivity contribution in [3.63, 3.8) is 0 Å². The number of fused-ring (bicyclic) bond motifs is 1. The van der Waals surface area contributed by atoms with E-state index >= 15 is 0 Å². The van der Waals surface area contributed by atoms with Crippen molar-refractivity contribution in [2.24, 2.45) is 5.92 Å². The molecule has 1 atom stereocenters. The molecule has 0 radical (unpaired) electrons. The van der Waals surface area contributed by atoms with Gasteiger partial charge < -0.3 is 9.80 Å². The number of para-hydroxylation sites is 1. The molecule has 5 nitrogen and oxygen atoms in total. The predicted molar refractivity (Wildman–Crippen MR) is 91.1 cm³/mol. The maximum Gasteiger partial charge on any atom is 0.227 e. The highest BCUT2D eigenvalue weighted by Gasteiger charge is 2.29. The lowest BCUT2D eigenvalue weighted by molar-refractivity contribution is -0.139. The lowest BCUT2D eigenvalue weighted by atomic mass is 9.96. The average molecular weight is 331 g/mol. The van der Waals surface area contributed by atoms with E-state index in [-0.39, 0.29) is 17.7 Å². The zero-order chi connectivity index (χ0) is 16.4. The molecule has 1 fully saturated rings. The van der Waals surface area contributed by atoms with Gasteiger partial charge in [-0.15, -0.1) is 11.3 Å². The van der Waals surface area contributed by atoms with Gasteiger partial charge in [-0.25, -0.2) is 4.98 Å². The van der Waals surface area contributed by atoms with Crippen LogP contribution < -0.4 is 0 Å². The summed E-state index contributed by atoms with van der Waals surface area (Å²) >= 11 is 1.63. The van der Waals surface area contributed by atoms with E-state index in [4.69, 9.17) is 0 Å². The summed E-state index contributed by atoms with van der Waals surface area (Å²) in [4.78, 5) is 32.3. The number of aromatic nitrogens is 1. The molecule has 1 aromatic heterocycles. The first-order valence-electron chi connectivity index (χ1n) is 7.89. The lowest BCUT2D eigenvalue weighted by Gasteiger charge is -2.33. The van der Waals surface area contributed by atoms with Crippen LogP contribution in [0.3, 0.4) is 0 Å². The van der Waals surface area contributed by atoms with Crippen molar-refractivity contribution < 1.29 is 9.59 Å². The largest absolute Gasteiger partial charge is 0.342 e. The van der Waals surface area contributed by atoms with Gasteiger partial charge in [0.15, 0.2) is 0 Å². The predicted octanol–water partition coefficient (Wildman–Crippen LogP) is 2.51. The van der Waals surface area contributed by atoms with Crippen LogP contribution in [0.1, 0.15) is 24.8 Å². The SMILES string of the molecule is CC(=O)N1CCC[C@H](C(=O)N(C)Cc2nc3ccccc3s2)C1. The minimum atomic E-state index is -0.0907. The lowest BCUT2D eigenvalue weighted by Crippen LogP contribution is -2.45. The number of carbonyl (C=O) groups is 2. The fraction of sp³-hybridized carbons (Fsp3) is 0.471. The smallest absolute Gasteiger partial charge is 0.227 e. The molecule has 0 unspecified atom stereocenters. The summed E-state index contributed by atoms with van der Waals surface area (Å²) in [6.07, 6.45) is 1.75. The Morgan fingerprint density at radius 2 is 2.17 bits per heavy atom. The van der Waals surface area contributed by atoms with Gasteiger partial charge in [-0.1, -0.05) is 12.1 Å². The van der Waals surface area contributed by atoms with Crippen LogP contribution >= 0.6 is 11.3 Å². The van der Waals surface area contributed by atoms with Crippen molar-refractivity contribution in [3.05, 3.63) is 29.3 Å². The molecule has 0 saturated carbocycles. The van der Waals surface area contributed by atoms with Gasteiger partial charge in [0, 0.05) is 27.1 Å². The van der Waals surface area contributed by atoms with E-state index < -0.39 is 0 Å². The number of benzene rings is 1. The Morgan fingerprint density at radius 1 is 1.39 bits per heavy atom. The molecular formula is C17H21N3O2S. The van der Waals surface area contributed by atoms with Crippen molar-refractivity contribution in [1.82, 2.24) is 14.8 Å². The quantitative estimate of drug-likeness (QED) is 0.868. The first kappa shape index (κ1) is 15.9. The van der Waals surface area contributed by atoms with Crippen LogP contribution in [0.15, 0.2) is 24.3 Å². The average Bonchev–Trinajstić information content (AvgIpc) is 2.96. The number of amides is 2. The number of hydrogen-bond donors (Lipinski definition) is 0. The zero-order valence-corrected chi connectivity index (χ0v) is 14.3. The maximum absolute atomic E-state index is 12.7. The fourth-order valence-electron chi connectivity index (χ4n) is 3.04. The summed E-state index contributed by atoms with van der Waals surface area (Å²) in [5, 5.41) is 0.946. The van der Waals surface area contributed by atoms with Gasteiger partial charge in [-0.2, -0.15) is 0 Å². The third-order valence-corrected chi connectivity index (χ3v) is 5.32. The number of carbonyl (C=O) groups excluding carboxylic acids is 2. The molecule has 1 saturated heterocycles. The second-order valence-electron chi connectivity index (χ2n) is 6.07. The molecule has 6 heteroatoms. The van der Waals surface area contributed by atoms with Gasteiger partial charge in [0.05, 0.1) is 22.7 Å². The van der Waals surface area contributed by atoms with Crippen LogP contribution in [-0.4, -0.2) is 46.7 Å². The molecule has 1 aliphatic rings. The molecule has 1 aromatic carbocycles. The van der Waals surface area contributed by atoms with Gasteiger partial charge in [0.25, 0.3) is 0 Å². The van der Waals surface area contributed by atoms with Crippen LogP contribution in [0, 0.1) is 5.92 Å². The Kier molecular flexibility index (Phi) is 4.61. The summed E-state index contributed by atoms with van der Waals surface area (Å²) in [5.41, 5.74) is 0.980. The molecule has 0 spiro atoms. The molecule has 23 heavy (non-hydrogen) atoms. The Hall–Kier alpha value is -1.95. The Morgan fingerprint density at radius 3 is 2.91 bits per heavy atom. The summed E-state index contributed by atoms with van der Waals surface area (Å²) in [7, 11) is 1.82. The first-order chi connectivity index (χ1) is 11.0. The number of thiazole rings is 1. The number of nitrogens with zero attached hydrogens (tertiary/aromatic N) is 3. The standard InChI is InChI=1S/C17H21N3O2S/c1-12(21)20-9-5-6-13(10-20)17(22)19(2)11-16-18-14-7-3-4-8-15(14)23-16/h3-4,7-8,13H,5-6,9-11H2,1-2H3/t13-/m0/s1. The van der Waals surface area contributed by atoms with E-state index in [1.165, 1.54) is 0 Å². The van der Waals surface area contributed by atoms with Crippen LogP contribution in [0.25, 0.3) is 10.2 Å². The highest BCUT2D eigenvalue weighted by Crippen LogP contribution is 2.24. The Bertz CT molecular complexity index is 694. The van der Waals surface area contributed by atoms with Crippen LogP contribution in [0.2, 0.25) is 0 Å². The third kappa shape index (κ3) is 3.52. The molecule has 122 valence electrons. The van der Waals surface area contributed by atoms with Crippen molar-refractivity contribution in [2.75, 3.05) is 20.1 Å². The van der Waals surface area contributed by atoms with E-state index in [1.807, 2.05) is 31.3 Å². The highest BCUT2D eigenvalue weighted by molar-refractivity contribution is 7.18. The molecule has 2 amide bonds. The van der Waals surface area contributed by atoms with Gasteiger partial charge in [-0.05, 0) is 25.0 Å². The Balaban J connectivity index is 1.66. The van der Waals surface area contributed by atoms with E-state index in [2.05, 4.69) is 4.98 Å². The summed E-state index contributed by atoms with van der Waals surface area (Å²) < 4.78 is 1.14. The summed E-state index contributed by atoms with van der Waals surface area (Å²) in [5.74, 6) is 0.0681. The number of rotatable bonds is 3. The van der Waals surface area contributed by atoms with Crippen LogP contribution in [-0.2, 0) is 16.1 Å². The number of piperidine rings is 1. The molecule has 0 bridgehead atoms. The van der Waals surface area contributed by atoms with E-state index in [0.717, 1.165) is 34.6 Å². The topological polar surface area (TPSA) is 53.5 Å². The van der Waals surface area contributed by atoms with Gasteiger partial charge in [0.1, 0.15) is 5.01 Å². The number of hydrogen-bond acceptors (Lipinski definition) is 4. The van der Waals surface area contributed by atoms with Gasteiger partial charge in [0.2, 0.25) is 11.8 Å². The number of likely N-dealkylation sites (tertiary alicyclic amines) is 1. The molecular weight excluding hydrogens is 310 g/mol. The molecule has 2 heterocycles. The molecule has 3 rings (SSSR count). The minimum Gasteiger partial charge on any atom is -0.342 e. The van der Waals surface area contributed by atoms with Gasteiger partial charge in [-0.3, -0.25) is 9.59 Å². The summed E-state index contributed by atoms with van der Waals surface area (Å²) in [6, 6.07) is 8.00. The van der Waals surface area contributed by atoms with E-state index in [9.17, 15) is 9.59 Å². The second-order valence-corrected chi connectivity index (χ2v) is 7.19. The molecule has 0 aliphatic carbocycles. The van der Waals surface area contributed by atoms with E-state index in [1.54, 1.807) is 28.1 Å². The van der Waals surface area contributed by atoms with Crippen molar-refractivity contribution in [2.45, 2.75) is 26.3 Å². The summed E-state index contributed by atoms with van der Waals surface area (Å²) in [6.45, 7) is 3.39. The monoisotopic (exact) mass is 331 g/mol. The minimum absolute atomic E-state index is 0.0522. The van der Waals surface area contributed by atoms with Crippen LogP contribution in [0.4, 0.5) is 0 Å². The van der Waals surface area contributed by atoms with Crippen LogP contribution in [0.5, 0.6) is 0 Å². The maximum atomic E-state index is 12.7. The Labute approximate surface area is 139 Å².